The van der Waals surface area contributed by atoms with Crippen LogP contribution in [0.3, 0.4) is 0 Å². The molecule has 1 unspecified atom stereocenters. The van der Waals surface area contributed by atoms with Gasteiger partial charge in [-0.05, 0) is 75.6 Å². The normalized spacial score (nSPS) is 14.6. The lowest BCUT2D eigenvalue weighted by atomic mass is 10.1. The molecule has 4 rings (SSSR count). The van der Waals surface area contributed by atoms with Gasteiger partial charge in [0.25, 0.3) is 5.91 Å². The van der Waals surface area contributed by atoms with Crippen LogP contribution in [-0.2, 0) is 0 Å². The molecule has 3 aromatic rings. The number of nitrogens with zero attached hydrogens (tertiary/aromatic N) is 3. The van der Waals surface area contributed by atoms with Crippen LogP contribution in [0.15, 0.2) is 53.0 Å². The quantitative estimate of drug-likeness (QED) is 0.518. The fourth-order valence-corrected chi connectivity index (χ4v) is 3.69. The fourth-order valence-electron chi connectivity index (χ4n) is 3.42. The monoisotopic (exact) mass is 468 g/mol. The van der Waals surface area contributed by atoms with Crippen LogP contribution in [0.5, 0.6) is 5.75 Å². The zero-order chi connectivity index (χ0) is 21.3. The summed E-state index contributed by atoms with van der Waals surface area (Å²) in [6.07, 6.45) is 2.20. The predicted octanol–water partition coefficient (Wildman–Crippen LogP) is 5.19. The lowest BCUT2D eigenvalue weighted by Gasteiger charge is -2.16. The van der Waals surface area contributed by atoms with E-state index in [0.717, 1.165) is 40.0 Å². The van der Waals surface area contributed by atoms with E-state index in [2.05, 4.69) is 31.6 Å². The molecule has 156 valence electrons. The third-order valence-corrected chi connectivity index (χ3v) is 5.56. The molecule has 2 aromatic carbocycles. The maximum Gasteiger partial charge on any atom is 0.274 e. The van der Waals surface area contributed by atoms with Gasteiger partial charge in [0.2, 0.25) is 0 Å². The van der Waals surface area contributed by atoms with Crippen LogP contribution in [0, 0.1) is 0 Å². The summed E-state index contributed by atoms with van der Waals surface area (Å²) in [5.41, 5.74) is 3.17. The number of rotatable bonds is 7. The van der Waals surface area contributed by atoms with E-state index >= 15 is 0 Å². The number of carbonyl (C=O) groups excluding carboxylic acids is 1. The second-order valence-corrected chi connectivity index (χ2v) is 8.84. The van der Waals surface area contributed by atoms with Gasteiger partial charge >= 0.3 is 0 Å². The number of nitrogens with one attached hydrogen (secondary N) is 1. The summed E-state index contributed by atoms with van der Waals surface area (Å²) < 4.78 is 8.56. The molecule has 30 heavy (non-hydrogen) atoms. The molecule has 0 aliphatic heterocycles. The highest BCUT2D eigenvalue weighted by molar-refractivity contribution is 9.10. The molecule has 1 amide bonds. The van der Waals surface area contributed by atoms with E-state index in [0.29, 0.717) is 11.6 Å². The average Bonchev–Trinajstić information content (AvgIpc) is 3.46. The van der Waals surface area contributed by atoms with Gasteiger partial charge in [-0.1, -0.05) is 33.3 Å². The lowest BCUT2D eigenvalue weighted by Crippen LogP contribution is -2.28. The van der Waals surface area contributed by atoms with Gasteiger partial charge in [0.05, 0.1) is 23.5 Å². The largest absolute Gasteiger partial charge is 0.491 e. The summed E-state index contributed by atoms with van der Waals surface area (Å²) >= 11 is 3.46. The Morgan fingerprint density at radius 2 is 1.90 bits per heavy atom. The summed E-state index contributed by atoms with van der Waals surface area (Å²) in [4.78, 5) is 13.1. The van der Waals surface area contributed by atoms with Crippen molar-refractivity contribution in [3.05, 3.63) is 70.0 Å². The molecule has 7 heteroatoms. The number of aromatic nitrogens is 3. The second kappa shape index (κ2) is 8.60. The van der Waals surface area contributed by atoms with Crippen LogP contribution in [-0.4, -0.2) is 27.0 Å². The third-order valence-electron chi connectivity index (χ3n) is 5.03. The van der Waals surface area contributed by atoms with Crippen molar-refractivity contribution in [2.45, 2.75) is 51.7 Å². The van der Waals surface area contributed by atoms with Crippen molar-refractivity contribution in [3.63, 3.8) is 0 Å². The minimum atomic E-state index is -0.206. The van der Waals surface area contributed by atoms with Crippen molar-refractivity contribution in [2.24, 2.45) is 0 Å². The molecule has 1 aromatic heterocycles. The predicted molar refractivity (Wildman–Crippen MR) is 119 cm³/mol. The highest BCUT2D eigenvalue weighted by atomic mass is 79.9. The minimum Gasteiger partial charge on any atom is -0.491 e. The average molecular weight is 469 g/mol. The lowest BCUT2D eigenvalue weighted by molar-refractivity contribution is 0.0933. The Morgan fingerprint density at radius 3 is 2.57 bits per heavy atom. The molecule has 0 bridgehead atoms. The van der Waals surface area contributed by atoms with Gasteiger partial charge in [-0.2, -0.15) is 0 Å². The van der Waals surface area contributed by atoms with E-state index in [1.165, 1.54) is 0 Å². The first kappa shape index (κ1) is 20.6. The molecule has 1 saturated carbocycles. The number of amides is 1. The number of halogens is 1. The molecule has 1 fully saturated rings. The van der Waals surface area contributed by atoms with Crippen molar-refractivity contribution < 1.29 is 9.53 Å². The molecular weight excluding hydrogens is 444 g/mol. The first-order valence-electron chi connectivity index (χ1n) is 10.2. The first-order chi connectivity index (χ1) is 14.4. The fraction of sp³-hybridized carbons (Fsp3) is 0.348. The standard InChI is InChI=1S/C23H25BrN4O2/c1-14(2)30-20-6-4-5-17(13-20)15(3)25-23(29)21-22(16-7-8-16)28(27-26-21)19-11-9-18(24)10-12-19/h4-6,9-16H,7-8H2,1-3H3,(H,25,29). The maximum absolute atomic E-state index is 13.1. The van der Waals surface area contributed by atoms with E-state index in [1.807, 2.05) is 69.3 Å². The maximum atomic E-state index is 13.1. The van der Waals surface area contributed by atoms with E-state index in [1.54, 1.807) is 4.68 Å². The Balaban J connectivity index is 1.56. The summed E-state index contributed by atoms with van der Waals surface area (Å²) in [6.45, 7) is 5.94. The molecule has 1 N–H and O–H groups in total. The molecule has 0 radical (unpaired) electrons. The third kappa shape index (κ3) is 4.56. The molecule has 1 heterocycles. The molecule has 1 aliphatic carbocycles. The van der Waals surface area contributed by atoms with Crippen molar-refractivity contribution in [3.8, 4) is 11.4 Å². The summed E-state index contributed by atoms with van der Waals surface area (Å²) in [6, 6.07) is 15.5. The van der Waals surface area contributed by atoms with Crippen molar-refractivity contribution in [1.29, 1.82) is 0 Å². The summed E-state index contributed by atoms with van der Waals surface area (Å²) in [7, 11) is 0. The second-order valence-electron chi connectivity index (χ2n) is 7.92. The van der Waals surface area contributed by atoms with Crippen LogP contribution in [0.1, 0.15) is 67.3 Å². The first-order valence-corrected chi connectivity index (χ1v) is 11.0. The van der Waals surface area contributed by atoms with Gasteiger partial charge in [-0.15, -0.1) is 5.10 Å². The molecule has 1 atom stereocenters. The van der Waals surface area contributed by atoms with Crippen LogP contribution in [0.4, 0.5) is 0 Å². The highest BCUT2D eigenvalue weighted by Gasteiger charge is 2.34. The molecule has 1 aliphatic rings. The topological polar surface area (TPSA) is 69.0 Å². The van der Waals surface area contributed by atoms with Crippen LogP contribution in [0.2, 0.25) is 0 Å². The van der Waals surface area contributed by atoms with Crippen molar-refractivity contribution >= 4 is 21.8 Å². The van der Waals surface area contributed by atoms with Crippen molar-refractivity contribution in [2.75, 3.05) is 0 Å². The molecule has 0 saturated heterocycles. The van der Waals surface area contributed by atoms with Gasteiger partial charge < -0.3 is 10.1 Å². The highest BCUT2D eigenvalue weighted by Crippen LogP contribution is 2.42. The summed E-state index contributed by atoms with van der Waals surface area (Å²) in [5, 5.41) is 11.6. The smallest absolute Gasteiger partial charge is 0.274 e. The van der Waals surface area contributed by atoms with Crippen molar-refractivity contribution in [1.82, 2.24) is 20.3 Å². The Bertz CT molecular complexity index is 1040. The zero-order valence-corrected chi connectivity index (χ0v) is 18.9. The summed E-state index contributed by atoms with van der Waals surface area (Å²) in [5.74, 6) is 0.911. The van der Waals surface area contributed by atoms with E-state index in [4.69, 9.17) is 4.74 Å². The van der Waals surface area contributed by atoms with Gasteiger partial charge in [0, 0.05) is 10.4 Å². The number of hydrogen-bond acceptors (Lipinski definition) is 4. The van der Waals surface area contributed by atoms with Gasteiger partial charge in [-0.3, -0.25) is 4.79 Å². The van der Waals surface area contributed by atoms with Crippen LogP contribution in [0.25, 0.3) is 5.69 Å². The zero-order valence-electron chi connectivity index (χ0n) is 17.3. The number of hydrogen-bond donors (Lipinski definition) is 1. The Hall–Kier alpha value is -2.67. The van der Waals surface area contributed by atoms with Gasteiger partial charge in [0.15, 0.2) is 5.69 Å². The van der Waals surface area contributed by atoms with Crippen LogP contribution < -0.4 is 10.1 Å². The van der Waals surface area contributed by atoms with E-state index in [-0.39, 0.29) is 18.1 Å². The number of benzene rings is 2. The molecular formula is C23H25BrN4O2. The number of carbonyl (C=O) groups is 1. The molecule has 0 spiro atoms. The van der Waals surface area contributed by atoms with E-state index < -0.39 is 0 Å². The Morgan fingerprint density at radius 1 is 1.17 bits per heavy atom. The Kier molecular flexibility index (Phi) is 5.90. The minimum absolute atomic E-state index is 0.0971. The SMILES string of the molecule is CC(C)Oc1cccc(C(C)NC(=O)c2nnn(-c3ccc(Br)cc3)c2C2CC2)c1. The number of ether oxygens (including phenoxy) is 1. The Labute approximate surface area is 184 Å². The van der Waals surface area contributed by atoms with E-state index in [9.17, 15) is 4.79 Å². The van der Waals surface area contributed by atoms with Gasteiger partial charge in [0.1, 0.15) is 5.75 Å². The molecule has 6 nitrogen and oxygen atoms in total. The van der Waals surface area contributed by atoms with Crippen LogP contribution >= 0.6 is 15.9 Å². The van der Waals surface area contributed by atoms with Gasteiger partial charge in [-0.25, -0.2) is 4.68 Å².